The lowest BCUT2D eigenvalue weighted by Crippen LogP contribution is -2.61. The summed E-state index contributed by atoms with van der Waals surface area (Å²) < 4.78 is 13.5. The Morgan fingerprint density at radius 2 is 2.22 bits per heavy atom. The Kier molecular flexibility index (Phi) is 3.29. The third kappa shape index (κ3) is 2.20. The fourth-order valence-corrected chi connectivity index (χ4v) is 2.31. The predicted octanol–water partition coefficient (Wildman–Crippen LogP) is 2.46. The van der Waals surface area contributed by atoms with Crippen molar-refractivity contribution in [3.63, 3.8) is 0 Å². The van der Waals surface area contributed by atoms with Crippen LogP contribution in [0.4, 0.5) is 15.8 Å². The van der Waals surface area contributed by atoms with Crippen molar-refractivity contribution in [3.05, 3.63) is 32.5 Å². The van der Waals surface area contributed by atoms with E-state index in [0.717, 1.165) is 12.1 Å². The average molecular weight is 319 g/mol. The molecule has 5 nitrogen and oxygen atoms in total. The molecule has 0 saturated carbocycles. The molecular formula is C11H12BrFN2O3. The van der Waals surface area contributed by atoms with Gasteiger partial charge in [-0.1, -0.05) is 6.92 Å². The number of benzene rings is 1. The summed E-state index contributed by atoms with van der Waals surface area (Å²) in [7, 11) is 0. The lowest BCUT2D eigenvalue weighted by molar-refractivity contribution is -0.384. The van der Waals surface area contributed by atoms with Crippen molar-refractivity contribution in [2.45, 2.75) is 18.9 Å². The van der Waals surface area contributed by atoms with Crippen LogP contribution in [0.25, 0.3) is 0 Å². The topological polar surface area (TPSA) is 66.6 Å². The van der Waals surface area contributed by atoms with Crippen molar-refractivity contribution in [1.82, 2.24) is 0 Å². The number of nitro benzene ring substituents is 1. The second-order valence-corrected chi connectivity index (χ2v) is 5.30. The molecule has 98 valence electrons. The highest BCUT2D eigenvalue weighted by Crippen LogP contribution is 2.38. The van der Waals surface area contributed by atoms with Crippen molar-refractivity contribution >= 4 is 27.3 Å². The largest absolute Gasteiger partial charge is 0.386 e. The van der Waals surface area contributed by atoms with Crippen LogP contribution in [0, 0.1) is 15.9 Å². The smallest absolute Gasteiger partial charge is 0.293 e. The molecule has 0 unspecified atom stereocenters. The molecule has 1 aromatic rings. The molecule has 1 aromatic carbocycles. The van der Waals surface area contributed by atoms with Crippen LogP contribution in [0.3, 0.4) is 0 Å². The van der Waals surface area contributed by atoms with Crippen LogP contribution in [0.2, 0.25) is 0 Å². The fraction of sp³-hybridized carbons (Fsp3) is 0.455. The van der Waals surface area contributed by atoms with Gasteiger partial charge in [-0.2, -0.15) is 0 Å². The molecule has 1 fully saturated rings. The quantitative estimate of drug-likeness (QED) is 0.686. The summed E-state index contributed by atoms with van der Waals surface area (Å²) in [5.74, 6) is -0.553. The Balaban J connectivity index is 2.34. The van der Waals surface area contributed by atoms with Crippen molar-refractivity contribution < 1.29 is 14.4 Å². The number of hydrogen-bond donors (Lipinski definition) is 1. The zero-order chi connectivity index (χ0) is 13.5. The highest BCUT2D eigenvalue weighted by atomic mass is 79.9. The molecule has 0 aromatic heterocycles. The van der Waals surface area contributed by atoms with Gasteiger partial charge in [-0.3, -0.25) is 10.1 Å². The number of halogens is 2. The summed E-state index contributed by atoms with van der Waals surface area (Å²) in [6.07, 6.45) is 0.566. The Labute approximate surface area is 111 Å². The van der Waals surface area contributed by atoms with E-state index in [-0.39, 0.29) is 28.9 Å². The molecule has 1 heterocycles. The van der Waals surface area contributed by atoms with Crippen molar-refractivity contribution in [2.75, 3.05) is 18.0 Å². The zero-order valence-corrected chi connectivity index (χ0v) is 11.3. The van der Waals surface area contributed by atoms with E-state index < -0.39 is 16.3 Å². The summed E-state index contributed by atoms with van der Waals surface area (Å²) in [6, 6.07) is 2.27. The molecular weight excluding hydrogens is 307 g/mol. The van der Waals surface area contributed by atoms with E-state index in [1.54, 1.807) is 4.90 Å². The van der Waals surface area contributed by atoms with Crippen LogP contribution in [0.1, 0.15) is 13.3 Å². The number of aliphatic hydroxyl groups is 1. The first-order valence-corrected chi connectivity index (χ1v) is 6.26. The third-order valence-corrected chi connectivity index (χ3v) is 3.79. The van der Waals surface area contributed by atoms with Gasteiger partial charge in [0.15, 0.2) is 0 Å². The average Bonchev–Trinajstić information content (AvgIpc) is 2.28. The lowest BCUT2D eigenvalue weighted by atomic mass is 9.90. The Morgan fingerprint density at radius 1 is 1.61 bits per heavy atom. The van der Waals surface area contributed by atoms with E-state index in [0.29, 0.717) is 6.42 Å². The van der Waals surface area contributed by atoms with Gasteiger partial charge in [-0.25, -0.2) is 4.39 Å². The van der Waals surface area contributed by atoms with Crippen LogP contribution in [0.15, 0.2) is 16.6 Å². The summed E-state index contributed by atoms with van der Waals surface area (Å²) in [5, 5.41) is 20.8. The highest BCUT2D eigenvalue weighted by molar-refractivity contribution is 9.10. The summed E-state index contributed by atoms with van der Waals surface area (Å²) >= 11 is 2.93. The number of hydrogen-bond acceptors (Lipinski definition) is 4. The van der Waals surface area contributed by atoms with E-state index in [4.69, 9.17) is 0 Å². The van der Waals surface area contributed by atoms with Crippen molar-refractivity contribution in [3.8, 4) is 0 Å². The van der Waals surface area contributed by atoms with Crippen LogP contribution in [0.5, 0.6) is 0 Å². The van der Waals surface area contributed by atoms with Gasteiger partial charge < -0.3 is 10.0 Å². The van der Waals surface area contributed by atoms with E-state index in [1.807, 2.05) is 6.92 Å². The van der Waals surface area contributed by atoms with Gasteiger partial charge in [0.25, 0.3) is 5.69 Å². The number of anilines is 1. The van der Waals surface area contributed by atoms with Gasteiger partial charge in [0.1, 0.15) is 11.5 Å². The highest BCUT2D eigenvalue weighted by Gasteiger charge is 2.42. The van der Waals surface area contributed by atoms with Gasteiger partial charge in [0.2, 0.25) is 0 Å². The molecule has 1 aliphatic rings. The second kappa shape index (κ2) is 4.47. The zero-order valence-electron chi connectivity index (χ0n) is 9.69. The lowest BCUT2D eigenvalue weighted by Gasteiger charge is -2.47. The minimum atomic E-state index is -0.822. The summed E-state index contributed by atoms with van der Waals surface area (Å²) in [4.78, 5) is 12.0. The van der Waals surface area contributed by atoms with Gasteiger partial charge in [0.05, 0.1) is 15.0 Å². The van der Waals surface area contributed by atoms with Crippen LogP contribution < -0.4 is 4.90 Å². The SMILES string of the molecule is CCC1(O)CN(c2cc(F)c(Br)cc2[N+](=O)[O-])C1. The van der Waals surface area contributed by atoms with E-state index in [1.165, 1.54) is 0 Å². The van der Waals surface area contributed by atoms with Crippen LogP contribution >= 0.6 is 15.9 Å². The Morgan fingerprint density at radius 3 is 2.72 bits per heavy atom. The molecule has 0 spiro atoms. The Hall–Kier alpha value is -1.21. The first kappa shape index (κ1) is 13.2. The standard InChI is InChI=1S/C11H12BrFN2O3/c1-2-11(16)5-14(6-11)9-4-8(13)7(12)3-10(9)15(17)18/h3-4,16H,2,5-6H2,1H3. The Bertz CT molecular complexity index is 503. The first-order chi connectivity index (χ1) is 8.36. The molecule has 0 radical (unpaired) electrons. The molecule has 1 aliphatic heterocycles. The molecule has 1 saturated heterocycles. The van der Waals surface area contributed by atoms with Crippen molar-refractivity contribution in [1.29, 1.82) is 0 Å². The minimum Gasteiger partial charge on any atom is -0.386 e. The number of nitrogens with zero attached hydrogens (tertiary/aromatic N) is 2. The number of rotatable bonds is 3. The molecule has 18 heavy (non-hydrogen) atoms. The van der Waals surface area contributed by atoms with Gasteiger partial charge >= 0.3 is 0 Å². The summed E-state index contributed by atoms with van der Waals surface area (Å²) in [5.41, 5.74) is -0.780. The maximum absolute atomic E-state index is 13.5. The maximum Gasteiger partial charge on any atom is 0.293 e. The molecule has 0 amide bonds. The maximum atomic E-state index is 13.5. The third-order valence-electron chi connectivity index (χ3n) is 3.18. The number of β-amino-alcohol motifs (C(OH)–C–C–N with tert-alkyl or cyclic N) is 1. The van der Waals surface area contributed by atoms with Crippen molar-refractivity contribution in [2.24, 2.45) is 0 Å². The van der Waals surface area contributed by atoms with Gasteiger partial charge in [0, 0.05) is 25.2 Å². The number of nitro groups is 1. The van der Waals surface area contributed by atoms with E-state index in [9.17, 15) is 19.6 Å². The molecule has 2 rings (SSSR count). The molecule has 0 bridgehead atoms. The second-order valence-electron chi connectivity index (χ2n) is 4.45. The first-order valence-electron chi connectivity index (χ1n) is 5.47. The molecule has 0 atom stereocenters. The van der Waals surface area contributed by atoms with Gasteiger partial charge in [-0.15, -0.1) is 0 Å². The van der Waals surface area contributed by atoms with Crippen LogP contribution in [-0.4, -0.2) is 28.7 Å². The van der Waals surface area contributed by atoms with Crippen LogP contribution in [-0.2, 0) is 0 Å². The van der Waals surface area contributed by atoms with E-state index in [2.05, 4.69) is 15.9 Å². The van der Waals surface area contributed by atoms with Gasteiger partial charge in [-0.05, 0) is 22.4 Å². The monoisotopic (exact) mass is 318 g/mol. The molecule has 7 heteroatoms. The normalized spacial score (nSPS) is 17.4. The molecule has 1 N–H and O–H groups in total. The predicted molar refractivity (Wildman–Crippen MR) is 68.2 cm³/mol. The molecule has 0 aliphatic carbocycles. The fourth-order valence-electron chi connectivity index (χ4n) is 1.98. The van der Waals surface area contributed by atoms with E-state index >= 15 is 0 Å². The minimum absolute atomic E-state index is 0.0595. The summed E-state index contributed by atoms with van der Waals surface area (Å²) in [6.45, 7) is 2.41.